The summed E-state index contributed by atoms with van der Waals surface area (Å²) in [5.74, 6) is -2.12. The van der Waals surface area contributed by atoms with Crippen LogP contribution in [0.2, 0.25) is 10.0 Å². The molecule has 0 radical (unpaired) electrons. The van der Waals surface area contributed by atoms with Gasteiger partial charge in [0.2, 0.25) is 5.91 Å². The molecule has 1 aliphatic heterocycles. The number of halogens is 4. The van der Waals surface area contributed by atoms with Gasteiger partial charge in [0.1, 0.15) is 11.6 Å². The van der Waals surface area contributed by atoms with Crippen LogP contribution in [0.4, 0.5) is 14.5 Å². The number of nitrogens with zero attached hydrogens (tertiary/aromatic N) is 1. The lowest BCUT2D eigenvalue weighted by molar-refractivity contribution is -0.120. The number of carbonyl (C=O) groups excluding carboxylic acids is 1. The second kappa shape index (κ2) is 7.28. The number of para-hydroxylation sites is 1. The Bertz CT molecular complexity index is 795. The van der Waals surface area contributed by atoms with Gasteiger partial charge >= 0.3 is 0 Å². The van der Waals surface area contributed by atoms with Crippen LogP contribution < -0.4 is 4.90 Å². The summed E-state index contributed by atoms with van der Waals surface area (Å²) in [6.07, 6.45) is -0.612. The summed E-state index contributed by atoms with van der Waals surface area (Å²) in [5, 5.41) is 11.2. The summed E-state index contributed by atoms with van der Waals surface area (Å²) in [6.45, 7) is 0.139. The number of aliphatic hydroxyl groups excluding tert-OH is 1. The van der Waals surface area contributed by atoms with Gasteiger partial charge in [-0.1, -0.05) is 35.3 Å². The molecule has 0 aliphatic carbocycles. The van der Waals surface area contributed by atoms with E-state index in [1.54, 1.807) is 18.2 Å². The molecule has 2 unspecified atom stereocenters. The highest BCUT2D eigenvalue weighted by molar-refractivity contribution is 6.39. The van der Waals surface area contributed by atoms with Gasteiger partial charge in [-0.25, -0.2) is 8.78 Å². The maximum absolute atomic E-state index is 14.0. The first-order valence-corrected chi connectivity index (χ1v) is 8.51. The van der Waals surface area contributed by atoms with Crippen LogP contribution in [-0.4, -0.2) is 17.6 Å². The van der Waals surface area contributed by atoms with Gasteiger partial charge in [0.05, 0.1) is 21.8 Å². The zero-order chi connectivity index (χ0) is 18.1. The molecule has 1 aliphatic rings. The number of aliphatic hydroxyl groups is 1. The highest BCUT2D eigenvalue weighted by atomic mass is 35.5. The Morgan fingerprint density at radius 3 is 2.48 bits per heavy atom. The third-order valence-corrected chi connectivity index (χ3v) is 4.99. The van der Waals surface area contributed by atoms with Crippen LogP contribution in [0.5, 0.6) is 0 Å². The van der Waals surface area contributed by atoms with Crippen molar-refractivity contribution < 1.29 is 18.7 Å². The average Bonchev–Trinajstić information content (AvgIpc) is 2.56. The van der Waals surface area contributed by atoms with Crippen LogP contribution >= 0.6 is 23.2 Å². The lowest BCUT2D eigenvalue weighted by Crippen LogP contribution is -2.42. The fourth-order valence-electron chi connectivity index (χ4n) is 3.09. The van der Waals surface area contributed by atoms with E-state index in [2.05, 4.69) is 0 Å². The molecule has 0 bridgehead atoms. The Kier molecular flexibility index (Phi) is 5.27. The summed E-state index contributed by atoms with van der Waals surface area (Å²) in [6, 6.07) is 7.96. The van der Waals surface area contributed by atoms with Gasteiger partial charge in [-0.2, -0.15) is 0 Å². The molecule has 1 fully saturated rings. The van der Waals surface area contributed by atoms with Crippen LogP contribution in [0.3, 0.4) is 0 Å². The standard InChI is InChI=1S/C18H15Cl2F2NO2/c19-13-2-1-3-14(20)17(13)23-9-10(4-7-16(23)24)18(25)12-6-5-11(21)8-15(12)22/h1-3,5-6,8,10,18,25H,4,7,9H2. The molecule has 132 valence electrons. The number of rotatable bonds is 3. The SMILES string of the molecule is O=C1CCC(C(O)c2ccc(F)cc2F)CN1c1c(Cl)cccc1Cl. The van der Waals surface area contributed by atoms with Gasteiger partial charge in [-0.15, -0.1) is 0 Å². The van der Waals surface area contributed by atoms with E-state index in [9.17, 15) is 18.7 Å². The zero-order valence-electron chi connectivity index (χ0n) is 13.1. The topological polar surface area (TPSA) is 40.5 Å². The highest BCUT2D eigenvalue weighted by Crippen LogP contribution is 2.39. The van der Waals surface area contributed by atoms with Crippen LogP contribution in [-0.2, 0) is 4.79 Å². The van der Waals surface area contributed by atoms with Crippen LogP contribution in [0.1, 0.15) is 24.5 Å². The van der Waals surface area contributed by atoms with Crippen molar-refractivity contribution in [2.24, 2.45) is 5.92 Å². The molecule has 0 saturated carbocycles. The molecule has 2 aromatic rings. The van der Waals surface area contributed by atoms with Gasteiger partial charge in [0.15, 0.2) is 0 Å². The van der Waals surface area contributed by atoms with Gasteiger partial charge in [-0.05, 0) is 24.6 Å². The second-order valence-corrected chi connectivity index (χ2v) is 6.80. The molecule has 1 N–H and O–H groups in total. The number of piperidine rings is 1. The van der Waals surface area contributed by atoms with E-state index < -0.39 is 23.7 Å². The molecule has 1 heterocycles. The van der Waals surface area contributed by atoms with E-state index in [0.29, 0.717) is 22.2 Å². The molecule has 7 heteroatoms. The predicted molar refractivity (Wildman–Crippen MR) is 92.9 cm³/mol. The van der Waals surface area contributed by atoms with E-state index in [1.165, 1.54) is 11.0 Å². The first kappa shape index (κ1) is 18.1. The second-order valence-electron chi connectivity index (χ2n) is 5.98. The fourth-order valence-corrected chi connectivity index (χ4v) is 3.69. The van der Waals surface area contributed by atoms with Crippen LogP contribution in [0.15, 0.2) is 36.4 Å². The number of benzene rings is 2. The normalized spacial score (nSPS) is 19.2. The van der Waals surface area contributed by atoms with Crippen molar-refractivity contribution in [3.05, 3.63) is 63.6 Å². The first-order chi connectivity index (χ1) is 11.9. The zero-order valence-corrected chi connectivity index (χ0v) is 14.6. The summed E-state index contributed by atoms with van der Waals surface area (Å²) in [4.78, 5) is 13.7. The molecule has 1 amide bonds. The largest absolute Gasteiger partial charge is 0.388 e. The number of amides is 1. The summed E-state index contributed by atoms with van der Waals surface area (Å²) < 4.78 is 27.0. The minimum absolute atomic E-state index is 0.00551. The van der Waals surface area contributed by atoms with E-state index in [4.69, 9.17) is 23.2 Å². The van der Waals surface area contributed by atoms with Crippen molar-refractivity contribution in [2.45, 2.75) is 18.9 Å². The summed E-state index contributed by atoms with van der Waals surface area (Å²) in [5.41, 5.74) is 0.387. The van der Waals surface area contributed by atoms with Gasteiger partial charge in [0.25, 0.3) is 0 Å². The fraction of sp³-hybridized carbons (Fsp3) is 0.278. The molecule has 3 rings (SSSR count). The van der Waals surface area contributed by atoms with E-state index in [1.807, 2.05) is 0 Å². The van der Waals surface area contributed by atoms with Crippen molar-refractivity contribution in [3.63, 3.8) is 0 Å². The molecule has 0 aromatic heterocycles. The van der Waals surface area contributed by atoms with E-state index in [-0.39, 0.29) is 24.4 Å². The van der Waals surface area contributed by atoms with E-state index >= 15 is 0 Å². The highest BCUT2D eigenvalue weighted by Gasteiger charge is 2.34. The Hall–Kier alpha value is -1.69. The minimum Gasteiger partial charge on any atom is -0.388 e. The van der Waals surface area contributed by atoms with Gasteiger partial charge < -0.3 is 10.0 Å². The molecule has 0 spiro atoms. The summed E-state index contributed by atoms with van der Waals surface area (Å²) in [7, 11) is 0. The Labute approximate surface area is 153 Å². The third-order valence-electron chi connectivity index (χ3n) is 4.38. The monoisotopic (exact) mass is 385 g/mol. The van der Waals surface area contributed by atoms with Crippen LogP contribution in [0, 0.1) is 17.6 Å². The minimum atomic E-state index is -1.17. The maximum Gasteiger partial charge on any atom is 0.227 e. The summed E-state index contributed by atoms with van der Waals surface area (Å²) >= 11 is 12.3. The molecule has 3 nitrogen and oxygen atoms in total. The Morgan fingerprint density at radius 2 is 1.84 bits per heavy atom. The van der Waals surface area contributed by atoms with Crippen molar-refractivity contribution in [2.75, 3.05) is 11.4 Å². The number of anilines is 1. The van der Waals surface area contributed by atoms with Gasteiger partial charge in [-0.3, -0.25) is 4.79 Å². The molecule has 25 heavy (non-hydrogen) atoms. The van der Waals surface area contributed by atoms with Crippen molar-refractivity contribution in [1.29, 1.82) is 0 Å². The van der Waals surface area contributed by atoms with E-state index in [0.717, 1.165) is 12.1 Å². The third kappa shape index (κ3) is 3.64. The predicted octanol–water partition coefficient (Wildman–Crippen LogP) is 4.75. The lowest BCUT2D eigenvalue weighted by atomic mass is 9.87. The number of carbonyl (C=O) groups is 1. The molecular formula is C18H15Cl2F2NO2. The number of hydrogen-bond acceptors (Lipinski definition) is 2. The quantitative estimate of drug-likeness (QED) is 0.827. The smallest absolute Gasteiger partial charge is 0.227 e. The molecule has 1 saturated heterocycles. The molecule has 2 aromatic carbocycles. The van der Waals surface area contributed by atoms with Gasteiger partial charge in [0, 0.05) is 30.5 Å². The molecule has 2 atom stereocenters. The lowest BCUT2D eigenvalue weighted by Gasteiger charge is -2.36. The van der Waals surface area contributed by atoms with Crippen molar-refractivity contribution in [3.8, 4) is 0 Å². The Balaban J connectivity index is 1.89. The maximum atomic E-state index is 14.0. The van der Waals surface area contributed by atoms with Crippen molar-refractivity contribution in [1.82, 2.24) is 0 Å². The number of hydrogen-bond donors (Lipinski definition) is 1. The van der Waals surface area contributed by atoms with Crippen LogP contribution in [0.25, 0.3) is 0 Å². The first-order valence-electron chi connectivity index (χ1n) is 7.76. The average molecular weight is 386 g/mol. The Morgan fingerprint density at radius 1 is 1.16 bits per heavy atom. The van der Waals surface area contributed by atoms with Crippen molar-refractivity contribution >= 4 is 34.8 Å². The molecular weight excluding hydrogens is 371 g/mol.